The Morgan fingerprint density at radius 1 is 1.53 bits per heavy atom. The SMILES string of the molecule is CC(=O)N[C@@H](CC(=O)Nc1cn[nH]c1)c1cccs1. The Balaban J connectivity index is 1.99. The highest BCUT2D eigenvalue weighted by Crippen LogP contribution is 2.22. The molecule has 3 N–H and O–H groups in total. The number of rotatable bonds is 5. The Kier molecular flexibility index (Phi) is 4.30. The van der Waals surface area contributed by atoms with Gasteiger partial charge in [0, 0.05) is 18.0 Å². The number of anilines is 1. The van der Waals surface area contributed by atoms with Gasteiger partial charge in [-0.05, 0) is 11.4 Å². The van der Waals surface area contributed by atoms with Crippen molar-refractivity contribution in [1.29, 1.82) is 0 Å². The molecule has 0 aliphatic carbocycles. The van der Waals surface area contributed by atoms with E-state index in [0.29, 0.717) is 5.69 Å². The molecule has 2 amide bonds. The summed E-state index contributed by atoms with van der Waals surface area (Å²) in [6, 6.07) is 3.49. The van der Waals surface area contributed by atoms with Crippen molar-refractivity contribution in [3.8, 4) is 0 Å². The fraction of sp³-hybridized carbons (Fsp3) is 0.250. The molecule has 2 rings (SSSR count). The van der Waals surface area contributed by atoms with E-state index in [-0.39, 0.29) is 24.3 Å². The Morgan fingerprint density at radius 2 is 2.37 bits per heavy atom. The highest BCUT2D eigenvalue weighted by atomic mass is 32.1. The number of nitrogens with one attached hydrogen (secondary N) is 3. The first-order valence-corrected chi connectivity index (χ1v) is 6.62. The Morgan fingerprint density at radius 3 is 2.95 bits per heavy atom. The maximum absolute atomic E-state index is 11.9. The fourth-order valence-electron chi connectivity index (χ4n) is 1.67. The van der Waals surface area contributed by atoms with Gasteiger partial charge in [-0.3, -0.25) is 14.7 Å². The van der Waals surface area contributed by atoms with Gasteiger partial charge in [-0.2, -0.15) is 5.10 Å². The molecule has 0 saturated carbocycles. The Labute approximate surface area is 114 Å². The zero-order valence-electron chi connectivity index (χ0n) is 10.3. The highest BCUT2D eigenvalue weighted by Gasteiger charge is 2.18. The summed E-state index contributed by atoms with van der Waals surface area (Å²) in [6.45, 7) is 1.44. The van der Waals surface area contributed by atoms with Crippen LogP contribution in [0, 0.1) is 0 Å². The van der Waals surface area contributed by atoms with Crippen molar-refractivity contribution < 1.29 is 9.59 Å². The standard InChI is InChI=1S/C12H14N4O2S/c1-8(17)15-10(11-3-2-4-19-11)5-12(18)16-9-6-13-14-7-9/h2-4,6-7,10H,5H2,1H3,(H,13,14)(H,15,17)(H,16,18)/t10-/m0/s1. The van der Waals surface area contributed by atoms with E-state index in [9.17, 15) is 9.59 Å². The average Bonchev–Trinajstić information content (AvgIpc) is 2.99. The van der Waals surface area contributed by atoms with Gasteiger partial charge in [0.2, 0.25) is 11.8 Å². The van der Waals surface area contributed by atoms with Crippen LogP contribution in [0.1, 0.15) is 24.3 Å². The zero-order valence-corrected chi connectivity index (χ0v) is 11.2. The van der Waals surface area contributed by atoms with Crippen LogP contribution in [-0.2, 0) is 9.59 Å². The molecule has 0 aliphatic rings. The van der Waals surface area contributed by atoms with Crippen molar-refractivity contribution in [1.82, 2.24) is 15.5 Å². The number of carbonyl (C=O) groups is 2. The number of thiophene rings is 1. The molecule has 0 aromatic carbocycles. The Hall–Kier alpha value is -2.15. The van der Waals surface area contributed by atoms with E-state index in [0.717, 1.165) is 4.88 Å². The summed E-state index contributed by atoms with van der Waals surface area (Å²) < 4.78 is 0. The maximum atomic E-state index is 11.9. The van der Waals surface area contributed by atoms with E-state index in [1.54, 1.807) is 6.20 Å². The van der Waals surface area contributed by atoms with Crippen LogP contribution in [-0.4, -0.2) is 22.0 Å². The van der Waals surface area contributed by atoms with Crippen LogP contribution in [0.2, 0.25) is 0 Å². The predicted octanol–water partition coefficient (Wildman–Crippen LogP) is 1.68. The molecule has 2 aromatic heterocycles. The second-order valence-corrected chi connectivity index (χ2v) is 4.99. The van der Waals surface area contributed by atoms with Gasteiger partial charge in [0.15, 0.2) is 0 Å². The molecule has 0 radical (unpaired) electrons. The first-order chi connectivity index (χ1) is 9.15. The lowest BCUT2D eigenvalue weighted by Crippen LogP contribution is -2.29. The van der Waals surface area contributed by atoms with E-state index in [1.165, 1.54) is 24.5 Å². The summed E-state index contributed by atoms with van der Waals surface area (Å²) >= 11 is 1.51. The number of aromatic amines is 1. The van der Waals surface area contributed by atoms with Crippen molar-refractivity contribution in [2.75, 3.05) is 5.32 Å². The van der Waals surface area contributed by atoms with E-state index in [4.69, 9.17) is 0 Å². The third kappa shape index (κ3) is 3.92. The monoisotopic (exact) mass is 278 g/mol. The number of H-pyrrole nitrogens is 1. The van der Waals surface area contributed by atoms with E-state index < -0.39 is 0 Å². The smallest absolute Gasteiger partial charge is 0.226 e. The van der Waals surface area contributed by atoms with Crippen molar-refractivity contribution in [3.05, 3.63) is 34.8 Å². The summed E-state index contributed by atoms with van der Waals surface area (Å²) in [5, 5.41) is 13.8. The molecule has 6 nitrogen and oxygen atoms in total. The lowest BCUT2D eigenvalue weighted by Gasteiger charge is -2.15. The lowest BCUT2D eigenvalue weighted by atomic mass is 10.1. The molecule has 100 valence electrons. The molecular formula is C12H14N4O2S. The van der Waals surface area contributed by atoms with Crippen molar-refractivity contribution >= 4 is 28.8 Å². The van der Waals surface area contributed by atoms with Gasteiger partial charge in [-0.25, -0.2) is 0 Å². The van der Waals surface area contributed by atoms with Crippen LogP contribution in [0.4, 0.5) is 5.69 Å². The molecular weight excluding hydrogens is 264 g/mol. The maximum Gasteiger partial charge on any atom is 0.226 e. The largest absolute Gasteiger partial charge is 0.348 e. The molecule has 2 aromatic rings. The van der Waals surface area contributed by atoms with Crippen LogP contribution in [0.25, 0.3) is 0 Å². The molecule has 2 heterocycles. The van der Waals surface area contributed by atoms with Crippen LogP contribution in [0.5, 0.6) is 0 Å². The molecule has 0 saturated heterocycles. The van der Waals surface area contributed by atoms with Gasteiger partial charge >= 0.3 is 0 Å². The molecule has 0 fully saturated rings. The van der Waals surface area contributed by atoms with E-state index in [2.05, 4.69) is 20.8 Å². The van der Waals surface area contributed by atoms with Gasteiger partial charge < -0.3 is 10.6 Å². The minimum absolute atomic E-state index is 0.158. The predicted molar refractivity (Wildman–Crippen MR) is 72.7 cm³/mol. The average molecular weight is 278 g/mol. The van der Waals surface area contributed by atoms with E-state index >= 15 is 0 Å². The zero-order chi connectivity index (χ0) is 13.7. The molecule has 0 unspecified atom stereocenters. The summed E-state index contributed by atoms with van der Waals surface area (Å²) in [4.78, 5) is 24.0. The van der Waals surface area contributed by atoms with Crippen LogP contribution >= 0.6 is 11.3 Å². The quantitative estimate of drug-likeness (QED) is 0.777. The summed E-state index contributed by atoms with van der Waals surface area (Å²) in [5.74, 6) is -0.330. The second kappa shape index (κ2) is 6.14. The van der Waals surface area contributed by atoms with Crippen molar-refractivity contribution in [2.24, 2.45) is 0 Å². The molecule has 0 spiro atoms. The highest BCUT2D eigenvalue weighted by molar-refractivity contribution is 7.10. The minimum Gasteiger partial charge on any atom is -0.348 e. The van der Waals surface area contributed by atoms with Gasteiger partial charge in [-0.1, -0.05) is 6.07 Å². The molecule has 0 bridgehead atoms. The van der Waals surface area contributed by atoms with Crippen LogP contribution < -0.4 is 10.6 Å². The number of nitrogens with zero attached hydrogens (tertiary/aromatic N) is 1. The summed E-state index contributed by atoms with van der Waals surface area (Å²) in [6.07, 6.45) is 3.30. The number of hydrogen-bond acceptors (Lipinski definition) is 4. The second-order valence-electron chi connectivity index (χ2n) is 4.01. The van der Waals surface area contributed by atoms with Gasteiger partial charge in [0.1, 0.15) is 0 Å². The van der Waals surface area contributed by atoms with Crippen LogP contribution in [0.15, 0.2) is 29.9 Å². The normalized spacial score (nSPS) is 11.8. The first kappa shape index (κ1) is 13.3. The molecule has 0 aliphatic heterocycles. The first-order valence-electron chi connectivity index (χ1n) is 5.74. The molecule has 1 atom stereocenters. The van der Waals surface area contributed by atoms with Gasteiger partial charge in [0.25, 0.3) is 0 Å². The lowest BCUT2D eigenvalue weighted by molar-refractivity contribution is -0.120. The van der Waals surface area contributed by atoms with Crippen molar-refractivity contribution in [2.45, 2.75) is 19.4 Å². The van der Waals surface area contributed by atoms with Gasteiger partial charge in [-0.15, -0.1) is 11.3 Å². The minimum atomic E-state index is -0.301. The third-order valence-electron chi connectivity index (χ3n) is 2.44. The number of aromatic nitrogens is 2. The van der Waals surface area contributed by atoms with E-state index in [1.807, 2.05) is 17.5 Å². The summed E-state index contributed by atoms with van der Waals surface area (Å²) in [7, 11) is 0. The third-order valence-corrected chi connectivity index (χ3v) is 3.42. The number of amides is 2. The van der Waals surface area contributed by atoms with Crippen LogP contribution in [0.3, 0.4) is 0 Å². The fourth-order valence-corrected chi connectivity index (χ4v) is 2.45. The van der Waals surface area contributed by atoms with Crippen molar-refractivity contribution in [3.63, 3.8) is 0 Å². The summed E-state index contributed by atoms with van der Waals surface area (Å²) in [5.41, 5.74) is 0.609. The number of hydrogen-bond donors (Lipinski definition) is 3. The topological polar surface area (TPSA) is 86.9 Å². The Bertz CT molecular complexity index is 536. The van der Waals surface area contributed by atoms with Gasteiger partial charge in [0.05, 0.1) is 24.3 Å². The molecule has 7 heteroatoms. The molecule has 19 heavy (non-hydrogen) atoms. The number of carbonyl (C=O) groups excluding carboxylic acids is 2.